The number of nitrogens with two attached hydrogens (primary N) is 1. The molecular formula is C8H11N5O. The largest absolute Gasteiger partial charge is 0.497 e. The molecule has 1 heterocycles. The Kier molecular flexibility index (Phi) is 3.25. The van der Waals surface area contributed by atoms with Gasteiger partial charge in [0.05, 0.1) is 0 Å². The van der Waals surface area contributed by atoms with Crippen LogP contribution in [0.25, 0.3) is 5.53 Å². The number of hydrogen-bond acceptors (Lipinski definition) is 2. The van der Waals surface area contributed by atoms with Crippen molar-refractivity contribution in [2.24, 2.45) is 15.7 Å². The Balaban J connectivity index is 2.83. The van der Waals surface area contributed by atoms with E-state index in [0.717, 1.165) is 12.8 Å². The van der Waals surface area contributed by atoms with Gasteiger partial charge < -0.3 is 16.1 Å². The maximum atomic E-state index is 10.8. The summed E-state index contributed by atoms with van der Waals surface area (Å²) in [5, 5.41) is 0. The van der Waals surface area contributed by atoms with E-state index in [2.05, 4.69) is 14.8 Å². The molecule has 0 aromatic carbocycles. The quantitative estimate of drug-likeness (QED) is 0.498. The fraction of sp³-hybridized carbons (Fsp3) is 0.500. The molecule has 0 atom stereocenters. The molecule has 14 heavy (non-hydrogen) atoms. The molecule has 0 radical (unpaired) electrons. The van der Waals surface area contributed by atoms with Gasteiger partial charge in [0.1, 0.15) is 0 Å². The number of carbonyl (C=O) groups excluding carboxylic acids is 1. The molecule has 2 N–H and O–H groups in total. The zero-order chi connectivity index (χ0) is 10.6. The Labute approximate surface area is 81.2 Å². The standard InChI is InChI=1S/C8H11N5O/c1-2-3-4-5-11-6(7(9)14)8(12-5)13-10/h2-4H2,1H3,(H2,9,14). The number of rotatable bonds is 4. The highest BCUT2D eigenvalue weighted by molar-refractivity contribution is 6.68. The molecular weight excluding hydrogens is 182 g/mol. The van der Waals surface area contributed by atoms with Crippen molar-refractivity contribution in [1.82, 2.24) is 0 Å². The van der Waals surface area contributed by atoms with E-state index < -0.39 is 5.91 Å². The maximum absolute atomic E-state index is 10.8. The second kappa shape index (κ2) is 4.43. The van der Waals surface area contributed by atoms with E-state index in [1.54, 1.807) is 0 Å². The summed E-state index contributed by atoms with van der Waals surface area (Å²) < 4.78 is 0. The number of amides is 1. The van der Waals surface area contributed by atoms with Gasteiger partial charge in [-0.1, -0.05) is 13.3 Å². The van der Waals surface area contributed by atoms with Crippen LogP contribution in [0.2, 0.25) is 0 Å². The molecule has 0 spiro atoms. The average molecular weight is 193 g/mol. The molecule has 0 bridgehead atoms. The van der Waals surface area contributed by atoms with Crippen molar-refractivity contribution in [3.05, 3.63) is 5.53 Å². The summed E-state index contributed by atoms with van der Waals surface area (Å²) in [6, 6.07) is 0. The predicted molar refractivity (Wildman–Crippen MR) is 52.2 cm³/mol. The molecule has 0 saturated heterocycles. The Hall–Kier alpha value is -1.81. The van der Waals surface area contributed by atoms with E-state index in [1.807, 2.05) is 6.92 Å². The monoisotopic (exact) mass is 193 g/mol. The van der Waals surface area contributed by atoms with Crippen LogP contribution < -0.4 is 5.73 Å². The number of hydrogen-bond donors (Lipinski definition) is 1. The van der Waals surface area contributed by atoms with Gasteiger partial charge in [-0.05, 0) is 11.4 Å². The van der Waals surface area contributed by atoms with Gasteiger partial charge in [-0.3, -0.25) is 4.79 Å². The van der Waals surface area contributed by atoms with E-state index in [0.29, 0.717) is 12.3 Å². The molecule has 0 saturated carbocycles. The van der Waals surface area contributed by atoms with Crippen LogP contribution in [0.5, 0.6) is 0 Å². The van der Waals surface area contributed by atoms with Gasteiger partial charge >= 0.3 is 5.84 Å². The van der Waals surface area contributed by atoms with Crippen molar-refractivity contribution in [2.75, 3.05) is 0 Å². The van der Waals surface area contributed by atoms with Gasteiger partial charge in [0.15, 0.2) is 0 Å². The summed E-state index contributed by atoms with van der Waals surface area (Å²) in [4.78, 5) is 21.4. The number of aliphatic imine (C=N–C) groups is 2. The molecule has 1 aliphatic heterocycles. The summed E-state index contributed by atoms with van der Waals surface area (Å²) in [5.41, 5.74) is 13.5. The number of carbonyl (C=O) groups is 1. The first-order valence-corrected chi connectivity index (χ1v) is 4.37. The third kappa shape index (κ3) is 2.11. The fourth-order valence-electron chi connectivity index (χ4n) is 1.06. The lowest BCUT2D eigenvalue weighted by atomic mass is 10.2. The van der Waals surface area contributed by atoms with Crippen molar-refractivity contribution in [1.29, 1.82) is 0 Å². The molecule has 0 aromatic rings. The normalized spacial score (nSPS) is 14.8. The fourth-order valence-corrected chi connectivity index (χ4v) is 1.06. The number of primary amides is 1. The Morgan fingerprint density at radius 3 is 2.71 bits per heavy atom. The third-order valence-corrected chi connectivity index (χ3v) is 1.77. The first kappa shape index (κ1) is 10.3. The van der Waals surface area contributed by atoms with Crippen molar-refractivity contribution < 1.29 is 9.58 Å². The summed E-state index contributed by atoms with van der Waals surface area (Å²) in [7, 11) is 0. The van der Waals surface area contributed by atoms with Crippen LogP contribution >= 0.6 is 0 Å². The number of nitrogens with zero attached hydrogens (tertiary/aromatic N) is 4. The maximum Gasteiger partial charge on any atom is 0.434 e. The summed E-state index contributed by atoms with van der Waals surface area (Å²) >= 11 is 0. The van der Waals surface area contributed by atoms with Crippen molar-refractivity contribution in [3.8, 4) is 0 Å². The predicted octanol–water partition coefficient (Wildman–Crippen LogP) is 0.143. The highest BCUT2D eigenvalue weighted by Gasteiger charge is 2.31. The Morgan fingerprint density at radius 2 is 2.29 bits per heavy atom. The number of amidine groups is 2. The first-order chi connectivity index (χ1) is 6.69. The van der Waals surface area contributed by atoms with E-state index in [4.69, 9.17) is 11.3 Å². The van der Waals surface area contributed by atoms with E-state index in [-0.39, 0.29) is 11.5 Å². The van der Waals surface area contributed by atoms with Crippen LogP contribution in [-0.2, 0) is 4.79 Å². The molecule has 74 valence electrons. The van der Waals surface area contributed by atoms with Gasteiger partial charge in [-0.25, -0.2) is 0 Å². The molecule has 6 nitrogen and oxygen atoms in total. The summed E-state index contributed by atoms with van der Waals surface area (Å²) in [6.07, 6.45) is 2.59. The highest BCUT2D eigenvalue weighted by atomic mass is 16.1. The van der Waals surface area contributed by atoms with Gasteiger partial charge in [-0.2, -0.15) is 4.99 Å². The lowest BCUT2D eigenvalue weighted by molar-refractivity contribution is -0.111. The molecule has 1 rings (SSSR count). The minimum absolute atomic E-state index is 0.0707. The van der Waals surface area contributed by atoms with E-state index >= 15 is 0 Å². The third-order valence-electron chi connectivity index (χ3n) is 1.77. The Morgan fingerprint density at radius 1 is 1.57 bits per heavy atom. The molecule has 1 aliphatic rings. The van der Waals surface area contributed by atoms with Crippen LogP contribution in [-0.4, -0.2) is 28.1 Å². The van der Waals surface area contributed by atoms with Crippen molar-refractivity contribution >= 4 is 23.3 Å². The molecule has 0 fully saturated rings. The van der Waals surface area contributed by atoms with Crippen LogP contribution in [0, 0.1) is 0 Å². The second-order valence-electron chi connectivity index (χ2n) is 2.88. The minimum Gasteiger partial charge on any atom is -0.497 e. The summed E-state index contributed by atoms with van der Waals surface area (Å²) in [5.74, 6) is -0.329. The molecule has 6 heteroatoms. The topological polar surface area (TPSA) is 104 Å². The van der Waals surface area contributed by atoms with Crippen LogP contribution in [0.15, 0.2) is 9.98 Å². The van der Waals surface area contributed by atoms with Gasteiger partial charge in [0.25, 0.3) is 5.91 Å². The van der Waals surface area contributed by atoms with Crippen molar-refractivity contribution in [2.45, 2.75) is 26.2 Å². The van der Waals surface area contributed by atoms with Crippen LogP contribution in [0.3, 0.4) is 0 Å². The SMILES string of the molecule is CCCCC1=NC(=[N+]=[N-])C(C(N)=O)=N1. The minimum atomic E-state index is -0.729. The summed E-state index contributed by atoms with van der Waals surface area (Å²) in [6.45, 7) is 2.04. The lowest BCUT2D eigenvalue weighted by Gasteiger charge is -1.87. The highest BCUT2D eigenvalue weighted by Crippen LogP contribution is 2.05. The van der Waals surface area contributed by atoms with Gasteiger partial charge in [0.2, 0.25) is 11.5 Å². The van der Waals surface area contributed by atoms with E-state index in [1.165, 1.54) is 0 Å². The average Bonchev–Trinajstić information content (AvgIpc) is 2.57. The van der Waals surface area contributed by atoms with Gasteiger partial charge in [0, 0.05) is 6.42 Å². The molecule has 0 unspecified atom stereocenters. The zero-order valence-corrected chi connectivity index (χ0v) is 7.90. The van der Waals surface area contributed by atoms with Crippen LogP contribution in [0.1, 0.15) is 26.2 Å². The smallest absolute Gasteiger partial charge is 0.434 e. The Bertz CT molecular complexity index is 362. The van der Waals surface area contributed by atoms with Crippen LogP contribution in [0.4, 0.5) is 0 Å². The van der Waals surface area contributed by atoms with Crippen molar-refractivity contribution in [3.63, 3.8) is 0 Å². The number of unbranched alkanes of at least 4 members (excludes halogenated alkanes) is 1. The lowest BCUT2D eigenvalue weighted by Crippen LogP contribution is -2.28. The second-order valence-corrected chi connectivity index (χ2v) is 2.88. The van der Waals surface area contributed by atoms with E-state index in [9.17, 15) is 4.79 Å². The first-order valence-electron chi connectivity index (χ1n) is 4.37. The molecule has 0 aromatic heterocycles. The zero-order valence-electron chi connectivity index (χ0n) is 7.90. The molecule has 1 amide bonds. The van der Waals surface area contributed by atoms with Gasteiger partial charge in [-0.15, -0.1) is 0 Å². The molecule has 0 aliphatic carbocycles.